The lowest BCUT2D eigenvalue weighted by atomic mass is 10.1. The lowest BCUT2D eigenvalue weighted by Gasteiger charge is -2.11. The normalized spacial score (nSPS) is 10.9. The van der Waals surface area contributed by atoms with Crippen molar-refractivity contribution in [2.45, 2.75) is 45.6 Å². The third-order valence-electron chi connectivity index (χ3n) is 6.55. The van der Waals surface area contributed by atoms with Crippen LogP contribution in [0.15, 0.2) is 66.7 Å². The highest BCUT2D eigenvalue weighted by molar-refractivity contribution is 5.78. The lowest BCUT2D eigenvalue weighted by molar-refractivity contribution is -0.120. The minimum Gasteiger partial charge on any atom is -0.493 e. The molecule has 1 heterocycles. The maximum atomic E-state index is 12.4. The predicted octanol–water partition coefficient (Wildman–Crippen LogP) is 5.51. The van der Waals surface area contributed by atoms with Gasteiger partial charge in [-0.3, -0.25) is 4.79 Å². The number of carbonyl (C=O) groups excluding carboxylic acids is 1. The number of methoxy groups -OCH3 is 2. The second-order valence-corrected chi connectivity index (χ2v) is 9.36. The second kappa shape index (κ2) is 13.5. The molecule has 1 N–H and O–H groups in total. The summed E-state index contributed by atoms with van der Waals surface area (Å²) < 4.78 is 18.8. The summed E-state index contributed by atoms with van der Waals surface area (Å²) in [6.45, 7) is 4.06. The Morgan fingerprint density at radius 2 is 1.71 bits per heavy atom. The Kier molecular flexibility index (Phi) is 9.62. The second-order valence-electron chi connectivity index (χ2n) is 9.36. The fourth-order valence-corrected chi connectivity index (χ4v) is 4.51. The van der Waals surface area contributed by atoms with Crippen molar-refractivity contribution in [3.8, 4) is 17.2 Å². The van der Waals surface area contributed by atoms with E-state index in [0.717, 1.165) is 60.4 Å². The summed E-state index contributed by atoms with van der Waals surface area (Å²) in [5.41, 5.74) is 4.26. The van der Waals surface area contributed by atoms with Crippen LogP contribution in [0.3, 0.4) is 0 Å². The molecule has 0 aliphatic heterocycles. The third kappa shape index (κ3) is 7.28. The minimum absolute atomic E-state index is 0.00703. The van der Waals surface area contributed by atoms with Gasteiger partial charge in [0.2, 0.25) is 5.91 Å². The molecule has 0 aliphatic rings. The van der Waals surface area contributed by atoms with Crippen LogP contribution in [-0.4, -0.2) is 42.8 Å². The number of aryl methyl sites for hydroxylation is 2. The number of ether oxygens (including phenoxy) is 3. The maximum absolute atomic E-state index is 12.4. The van der Waals surface area contributed by atoms with Crippen molar-refractivity contribution >= 4 is 16.9 Å². The van der Waals surface area contributed by atoms with Crippen LogP contribution in [0.2, 0.25) is 0 Å². The van der Waals surface area contributed by atoms with Gasteiger partial charge in [-0.1, -0.05) is 42.3 Å². The molecule has 4 aromatic rings. The standard InChI is InChI=1S/C31H37N3O4/c1-23-12-15-25(16-13-23)38-20-19-34-27-10-7-6-9-26(27)33-30(34)11-5-4-8-18-32-31(35)22-24-14-17-28(36-2)29(21-24)37-3/h6-7,9-10,12-17,21H,4-5,8,11,18-20,22H2,1-3H3,(H,32,35). The summed E-state index contributed by atoms with van der Waals surface area (Å²) >= 11 is 0. The number of aromatic nitrogens is 2. The summed E-state index contributed by atoms with van der Waals surface area (Å²) in [6, 6.07) is 21.9. The summed E-state index contributed by atoms with van der Waals surface area (Å²) in [5, 5.41) is 3.03. The first kappa shape index (κ1) is 27.0. The molecular formula is C31H37N3O4. The predicted molar refractivity (Wildman–Crippen MR) is 150 cm³/mol. The number of carbonyl (C=O) groups is 1. The van der Waals surface area contributed by atoms with Gasteiger partial charge in [0.05, 0.1) is 38.2 Å². The van der Waals surface area contributed by atoms with Crippen molar-refractivity contribution in [1.82, 2.24) is 14.9 Å². The molecule has 0 radical (unpaired) electrons. The molecule has 0 spiro atoms. The van der Waals surface area contributed by atoms with E-state index in [0.29, 0.717) is 31.1 Å². The van der Waals surface area contributed by atoms with Crippen LogP contribution in [0.4, 0.5) is 0 Å². The Morgan fingerprint density at radius 1 is 0.921 bits per heavy atom. The molecule has 0 fully saturated rings. The van der Waals surface area contributed by atoms with Crippen molar-refractivity contribution in [2.75, 3.05) is 27.4 Å². The zero-order chi connectivity index (χ0) is 26.7. The van der Waals surface area contributed by atoms with Gasteiger partial charge in [-0.2, -0.15) is 0 Å². The molecule has 7 nitrogen and oxygen atoms in total. The first-order valence-electron chi connectivity index (χ1n) is 13.2. The summed E-state index contributed by atoms with van der Waals surface area (Å²) in [4.78, 5) is 17.3. The summed E-state index contributed by atoms with van der Waals surface area (Å²) in [6.07, 6.45) is 4.15. The monoisotopic (exact) mass is 515 g/mol. The van der Waals surface area contributed by atoms with Gasteiger partial charge in [-0.25, -0.2) is 4.98 Å². The molecule has 1 amide bonds. The Balaban J connectivity index is 1.22. The van der Waals surface area contributed by atoms with Gasteiger partial charge in [0.15, 0.2) is 11.5 Å². The van der Waals surface area contributed by atoms with Crippen LogP contribution in [0.5, 0.6) is 17.2 Å². The molecule has 0 aliphatic carbocycles. The molecule has 0 atom stereocenters. The van der Waals surface area contributed by atoms with Crippen LogP contribution < -0.4 is 19.5 Å². The number of hydrogen-bond donors (Lipinski definition) is 1. The highest BCUT2D eigenvalue weighted by Gasteiger charge is 2.11. The number of imidazole rings is 1. The van der Waals surface area contributed by atoms with Gasteiger partial charge in [0, 0.05) is 13.0 Å². The number of fused-ring (bicyclic) bond motifs is 1. The van der Waals surface area contributed by atoms with E-state index in [1.54, 1.807) is 14.2 Å². The number of para-hydroxylation sites is 2. The van der Waals surface area contributed by atoms with Gasteiger partial charge in [-0.05, 0) is 61.7 Å². The molecule has 0 saturated heterocycles. The number of nitrogens with zero attached hydrogens (tertiary/aromatic N) is 2. The molecule has 7 heteroatoms. The van der Waals surface area contributed by atoms with Crippen LogP contribution in [-0.2, 0) is 24.2 Å². The average molecular weight is 516 g/mol. The lowest BCUT2D eigenvalue weighted by Crippen LogP contribution is -2.26. The molecule has 38 heavy (non-hydrogen) atoms. The molecule has 0 saturated carbocycles. The zero-order valence-corrected chi connectivity index (χ0v) is 22.5. The molecular weight excluding hydrogens is 478 g/mol. The first-order chi connectivity index (χ1) is 18.6. The smallest absolute Gasteiger partial charge is 0.224 e. The quantitative estimate of drug-likeness (QED) is 0.224. The van der Waals surface area contributed by atoms with Crippen LogP contribution in [0, 0.1) is 6.92 Å². The summed E-state index contributed by atoms with van der Waals surface area (Å²) in [7, 11) is 3.19. The molecule has 0 bridgehead atoms. The van der Waals surface area contributed by atoms with Crippen LogP contribution in [0.1, 0.15) is 36.2 Å². The number of nitrogens with one attached hydrogen (secondary N) is 1. The van der Waals surface area contributed by atoms with E-state index in [1.165, 1.54) is 5.56 Å². The molecule has 4 rings (SSSR count). The van der Waals surface area contributed by atoms with Gasteiger partial charge in [0.1, 0.15) is 18.2 Å². The number of amides is 1. The largest absolute Gasteiger partial charge is 0.493 e. The van der Waals surface area contributed by atoms with E-state index in [1.807, 2.05) is 36.4 Å². The van der Waals surface area contributed by atoms with Crippen molar-refractivity contribution < 1.29 is 19.0 Å². The molecule has 0 unspecified atom stereocenters. The molecule has 200 valence electrons. The Morgan fingerprint density at radius 3 is 2.50 bits per heavy atom. The zero-order valence-electron chi connectivity index (χ0n) is 22.5. The van der Waals surface area contributed by atoms with E-state index in [4.69, 9.17) is 19.2 Å². The van der Waals surface area contributed by atoms with Crippen molar-refractivity contribution in [3.63, 3.8) is 0 Å². The van der Waals surface area contributed by atoms with Crippen LogP contribution in [0.25, 0.3) is 11.0 Å². The van der Waals surface area contributed by atoms with E-state index in [9.17, 15) is 4.79 Å². The van der Waals surface area contributed by atoms with Crippen molar-refractivity contribution in [1.29, 1.82) is 0 Å². The number of benzene rings is 3. The number of unbranched alkanes of at least 4 members (excludes halogenated alkanes) is 2. The van der Waals surface area contributed by atoms with Gasteiger partial charge >= 0.3 is 0 Å². The number of hydrogen-bond acceptors (Lipinski definition) is 5. The number of rotatable bonds is 14. The highest BCUT2D eigenvalue weighted by Crippen LogP contribution is 2.27. The molecule has 1 aromatic heterocycles. The Bertz CT molecular complexity index is 1330. The van der Waals surface area contributed by atoms with Crippen molar-refractivity contribution in [2.24, 2.45) is 0 Å². The fourth-order valence-electron chi connectivity index (χ4n) is 4.51. The van der Waals surface area contributed by atoms with Gasteiger partial charge in [0.25, 0.3) is 0 Å². The SMILES string of the molecule is COc1ccc(CC(=O)NCCCCCc2nc3ccccc3n2CCOc2ccc(C)cc2)cc1OC. The maximum Gasteiger partial charge on any atom is 0.224 e. The average Bonchev–Trinajstić information content (AvgIpc) is 3.28. The fraction of sp³-hybridized carbons (Fsp3) is 0.355. The van der Waals surface area contributed by atoms with Crippen LogP contribution >= 0.6 is 0 Å². The van der Waals surface area contributed by atoms with E-state index in [2.05, 4.69) is 47.1 Å². The van der Waals surface area contributed by atoms with Gasteiger partial charge in [-0.15, -0.1) is 0 Å². The minimum atomic E-state index is 0.00703. The van der Waals surface area contributed by atoms with Crippen molar-refractivity contribution in [3.05, 3.63) is 83.7 Å². The topological polar surface area (TPSA) is 74.6 Å². The molecule has 3 aromatic carbocycles. The van der Waals surface area contributed by atoms with E-state index < -0.39 is 0 Å². The van der Waals surface area contributed by atoms with E-state index in [-0.39, 0.29) is 5.91 Å². The third-order valence-corrected chi connectivity index (χ3v) is 6.55. The Labute approximate surface area is 224 Å². The first-order valence-corrected chi connectivity index (χ1v) is 13.2. The van der Waals surface area contributed by atoms with E-state index >= 15 is 0 Å². The highest BCUT2D eigenvalue weighted by atomic mass is 16.5. The summed E-state index contributed by atoms with van der Waals surface area (Å²) in [5.74, 6) is 3.26. The Hall–Kier alpha value is -4.00. The van der Waals surface area contributed by atoms with Gasteiger partial charge < -0.3 is 24.1 Å².